The van der Waals surface area contributed by atoms with Crippen LogP contribution in [0.3, 0.4) is 0 Å². The highest BCUT2D eigenvalue weighted by molar-refractivity contribution is 7.83. The average molecular weight is 356 g/mol. The number of carbonyl (C=O) groups is 3. The van der Waals surface area contributed by atoms with Crippen LogP contribution in [0.5, 0.6) is 0 Å². The lowest BCUT2D eigenvalue weighted by Gasteiger charge is -1.68. The Kier molecular flexibility index (Phi) is 36.0. The van der Waals surface area contributed by atoms with Crippen LogP contribution in [0.2, 0.25) is 0 Å². The van der Waals surface area contributed by atoms with E-state index in [-0.39, 0.29) is 0 Å². The SMILES string of the molecule is CCC.O=C(O)C=CS.O=C(O)C=CS.O=C(O)C=CS. The molecule has 0 rings (SSSR count). The van der Waals surface area contributed by atoms with Gasteiger partial charge in [0.15, 0.2) is 0 Å². The van der Waals surface area contributed by atoms with Gasteiger partial charge in [0, 0.05) is 18.2 Å². The summed E-state index contributed by atoms with van der Waals surface area (Å²) in [5.74, 6) is -2.90. The molecule has 0 aromatic rings. The van der Waals surface area contributed by atoms with Gasteiger partial charge in [-0.25, -0.2) is 14.4 Å². The first kappa shape index (κ1) is 27.9. The van der Waals surface area contributed by atoms with Gasteiger partial charge in [-0.15, -0.1) is 0 Å². The number of hydrogen-bond acceptors (Lipinski definition) is 6. The van der Waals surface area contributed by atoms with Crippen molar-refractivity contribution in [1.29, 1.82) is 0 Å². The lowest BCUT2D eigenvalue weighted by molar-refractivity contribution is -0.132. The highest BCUT2D eigenvalue weighted by atomic mass is 32.1. The molecule has 0 aliphatic heterocycles. The highest BCUT2D eigenvalue weighted by Crippen LogP contribution is 1.74. The Hall–Kier alpha value is -1.32. The van der Waals surface area contributed by atoms with Crippen LogP contribution in [-0.4, -0.2) is 33.2 Å². The fourth-order valence-corrected chi connectivity index (χ4v) is 0.574. The van der Waals surface area contributed by atoms with E-state index in [1.807, 2.05) is 0 Å². The van der Waals surface area contributed by atoms with Gasteiger partial charge in [-0.1, -0.05) is 20.3 Å². The average Bonchev–Trinajstić information content (AvgIpc) is 2.30. The lowest BCUT2D eigenvalue weighted by Crippen LogP contribution is -1.83. The third-order valence-corrected chi connectivity index (χ3v) is 1.10. The molecule has 0 aromatic heterocycles. The predicted molar refractivity (Wildman–Crippen MR) is 93.3 cm³/mol. The molecule has 0 aliphatic carbocycles. The van der Waals surface area contributed by atoms with Crippen LogP contribution in [0.4, 0.5) is 0 Å². The molecule has 0 aliphatic rings. The van der Waals surface area contributed by atoms with Crippen molar-refractivity contribution in [2.24, 2.45) is 0 Å². The highest BCUT2D eigenvalue weighted by Gasteiger charge is 1.78. The maximum Gasteiger partial charge on any atom is 0.328 e. The van der Waals surface area contributed by atoms with Gasteiger partial charge in [0.25, 0.3) is 0 Å². The second kappa shape index (κ2) is 27.1. The Morgan fingerprint density at radius 2 is 0.857 bits per heavy atom. The zero-order valence-corrected chi connectivity index (χ0v) is 14.3. The van der Waals surface area contributed by atoms with Crippen LogP contribution in [0.25, 0.3) is 0 Å². The van der Waals surface area contributed by atoms with Gasteiger partial charge in [-0.2, -0.15) is 37.9 Å². The van der Waals surface area contributed by atoms with Crippen molar-refractivity contribution in [2.75, 3.05) is 0 Å². The molecule has 0 radical (unpaired) electrons. The van der Waals surface area contributed by atoms with E-state index in [1.165, 1.54) is 22.6 Å². The summed E-state index contributed by atoms with van der Waals surface area (Å²) < 4.78 is 0. The van der Waals surface area contributed by atoms with Crippen LogP contribution in [0.15, 0.2) is 34.5 Å². The summed E-state index contributed by atoms with van der Waals surface area (Å²) in [6.07, 6.45) is 4.09. The molecular weight excluding hydrogens is 336 g/mol. The fourth-order valence-electron chi connectivity index (χ4n) is 0.191. The van der Waals surface area contributed by atoms with Crippen molar-refractivity contribution >= 4 is 55.8 Å². The van der Waals surface area contributed by atoms with Gasteiger partial charge >= 0.3 is 17.9 Å². The number of hydrogen-bond donors (Lipinski definition) is 6. The molecule has 0 spiro atoms. The third-order valence-electron chi connectivity index (χ3n) is 0.651. The van der Waals surface area contributed by atoms with Crippen LogP contribution in [-0.2, 0) is 14.4 Å². The summed E-state index contributed by atoms with van der Waals surface area (Å²) in [5.41, 5.74) is 0. The molecule has 0 amide bonds. The van der Waals surface area contributed by atoms with E-state index in [0.717, 1.165) is 18.2 Å². The van der Waals surface area contributed by atoms with Crippen LogP contribution in [0.1, 0.15) is 20.3 Å². The number of carboxylic acid groups (broad SMARTS) is 3. The van der Waals surface area contributed by atoms with Gasteiger partial charge in [0.1, 0.15) is 0 Å². The fraction of sp³-hybridized carbons (Fsp3) is 0.250. The first-order valence-corrected chi connectivity index (χ1v) is 6.89. The summed E-state index contributed by atoms with van der Waals surface area (Å²) in [7, 11) is 0. The van der Waals surface area contributed by atoms with Crippen molar-refractivity contribution in [3.05, 3.63) is 34.5 Å². The molecule has 0 bridgehead atoms. The molecule has 122 valence electrons. The van der Waals surface area contributed by atoms with Gasteiger partial charge < -0.3 is 15.3 Å². The van der Waals surface area contributed by atoms with Gasteiger partial charge in [0.2, 0.25) is 0 Å². The summed E-state index contributed by atoms with van der Waals surface area (Å²) >= 11 is 10.5. The van der Waals surface area contributed by atoms with Crippen LogP contribution < -0.4 is 0 Å². The van der Waals surface area contributed by atoms with Crippen molar-refractivity contribution in [1.82, 2.24) is 0 Å². The molecule has 0 fully saturated rings. The standard InChI is InChI=1S/3C3H4O2S.C3H8/c3*4-3(5)1-2-6;1-3-2/h3*1-2,6H,(H,4,5);3H2,1-2H3. The van der Waals surface area contributed by atoms with E-state index in [1.54, 1.807) is 0 Å². The Balaban J connectivity index is -0.0000000944. The van der Waals surface area contributed by atoms with Crippen molar-refractivity contribution < 1.29 is 29.7 Å². The van der Waals surface area contributed by atoms with E-state index in [2.05, 4.69) is 51.7 Å². The largest absolute Gasteiger partial charge is 0.478 e. The van der Waals surface area contributed by atoms with Gasteiger partial charge in [-0.3, -0.25) is 0 Å². The maximum atomic E-state index is 9.46. The van der Waals surface area contributed by atoms with Gasteiger partial charge in [-0.05, 0) is 16.2 Å². The van der Waals surface area contributed by atoms with E-state index >= 15 is 0 Å². The zero-order valence-electron chi connectivity index (χ0n) is 11.6. The van der Waals surface area contributed by atoms with Crippen molar-refractivity contribution in [2.45, 2.75) is 20.3 Å². The second-order valence-corrected chi connectivity index (χ2v) is 3.56. The quantitative estimate of drug-likeness (QED) is 0.342. The Labute approximate surface area is 140 Å². The van der Waals surface area contributed by atoms with Crippen molar-refractivity contribution in [3.8, 4) is 0 Å². The van der Waals surface area contributed by atoms with E-state index in [4.69, 9.17) is 15.3 Å². The molecule has 3 N–H and O–H groups in total. The smallest absolute Gasteiger partial charge is 0.328 e. The van der Waals surface area contributed by atoms with Crippen LogP contribution >= 0.6 is 37.9 Å². The van der Waals surface area contributed by atoms with E-state index < -0.39 is 17.9 Å². The Morgan fingerprint density at radius 3 is 0.857 bits per heavy atom. The number of thiol groups is 3. The Morgan fingerprint density at radius 1 is 0.714 bits per heavy atom. The third kappa shape index (κ3) is 88.1. The molecule has 0 aromatic carbocycles. The van der Waals surface area contributed by atoms with Crippen LogP contribution in [0, 0.1) is 0 Å². The summed E-state index contributed by atoms with van der Waals surface area (Å²) in [6, 6.07) is 0. The lowest BCUT2D eigenvalue weighted by atomic mass is 10.6. The van der Waals surface area contributed by atoms with Gasteiger partial charge in [0.05, 0.1) is 0 Å². The molecular formula is C12H20O6S3. The molecule has 9 heteroatoms. The summed E-state index contributed by atoms with van der Waals surface area (Å²) in [4.78, 5) is 28.4. The van der Waals surface area contributed by atoms with E-state index in [9.17, 15) is 14.4 Å². The zero-order chi connectivity index (χ0) is 17.7. The molecule has 0 atom stereocenters. The molecule has 6 nitrogen and oxygen atoms in total. The summed E-state index contributed by atoms with van der Waals surface area (Å²) in [5, 5.41) is 26.8. The molecule has 21 heavy (non-hydrogen) atoms. The maximum absolute atomic E-state index is 9.46. The van der Waals surface area contributed by atoms with Crippen molar-refractivity contribution in [3.63, 3.8) is 0 Å². The first-order chi connectivity index (χ1) is 9.72. The Bertz CT molecular complexity index is 299. The molecule has 0 saturated carbocycles. The molecule has 0 unspecified atom stereocenters. The predicted octanol–water partition coefficient (Wildman–Crippen LogP) is 2.96. The topological polar surface area (TPSA) is 112 Å². The monoisotopic (exact) mass is 356 g/mol. The minimum Gasteiger partial charge on any atom is -0.478 e. The second-order valence-electron chi connectivity index (χ2n) is 2.67. The molecule has 0 heterocycles. The number of carboxylic acids is 3. The summed E-state index contributed by atoms with van der Waals surface area (Å²) in [6.45, 7) is 4.25. The normalized spacial score (nSPS) is 9.00. The molecule has 0 saturated heterocycles. The minimum absolute atomic E-state index is 0.948. The number of rotatable bonds is 3. The minimum atomic E-state index is -0.968. The first-order valence-electron chi connectivity index (χ1n) is 5.34. The number of aliphatic carboxylic acids is 3. The van der Waals surface area contributed by atoms with E-state index in [0.29, 0.717) is 0 Å².